The van der Waals surface area contributed by atoms with Crippen LogP contribution in [0.3, 0.4) is 0 Å². The van der Waals surface area contributed by atoms with Crippen LogP contribution in [0.25, 0.3) is 0 Å². The van der Waals surface area contributed by atoms with Gasteiger partial charge in [-0.1, -0.05) is 31.2 Å². The number of benzene rings is 1. The quantitative estimate of drug-likeness (QED) is 0.571. The van der Waals surface area contributed by atoms with Gasteiger partial charge in [-0.15, -0.1) is 0 Å². The van der Waals surface area contributed by atoms with E-state index in [0.717, 1.165) is 23.3 Å². The number of ether oxygens (including phenoxy) is 2. The fourth-order valence-corrected chi connectivity index (χ4v) is 1.52. The lowest BCUT2D eigenvalue weighted by atomic mass is 10.1. The molecule has 0 atom stereocenters. The standard InChI is InChI=1S/C15H20O3/c1-4-5-6-10-17-15-9-7-8-14(12(15)2)11-18-13(3)16/h5-9H,4,10-11H2,1-3H3/b6-5-. The van der Waals surface area contributed by atoms with Crippen molar-refractivity contribution in [2.75, 3.05) is 6.61 Å². The Morgan fingerprint density at radius 3 is 2.78 bits per heavy atom. The summed E-state index contributed by atoms with van der Waals surface area (Å²) in [5, 5.41) is 0. The van der Waals surface area contributed by atoms with E-state index in [1.807, 2.05) is 31.2 Å². The molecule has 0 saturated carbocycles. The van der Waals surface area contributed by atoms with E-state index in [1.165, 1.54) is 6.92 Å². The SMILES string of the molecule is CC/C=C\COc1cccc(COC(C)=O)c1C. The number of hydrogen-bond donors (Lipinski definition) is 0. The van der Waals surface area contributed by atoms with Gasteiger partial charge in [0, 0.05) is 6.92 Å². The van der Waals surface area contributed by atoms with Gasteiger partial charge >= 0.3 is 5.97 Å². The highest BCUT2D eigenvalue weighted by Crippen LogP contribution is 2.22. The fourth-order valence-electron chi connectivity index (χ4n) is 1.52. The maximum absolute atomic E-state index is 10.8. The normalized spacial score (nSPS) is 10.6. The first-order valence-electron chi connectivity index (χ1n) is 6.14. The van der Waals surface area contributed by atoms with Crippen molar-refractivity contribution < 1.29 is 14.3 Å². The van der Waals surface area contributed by atoms with Gasteiger partial charge in [0.25, 0.3) is 0 Å². The van der Waals surface area contributed by atoms with Crippen LogP contribution < -0.4 is 4.74 Å². The van der Waals surface area contributed by atoms with E-state index in [1.54, 1.807) is 0 Å². The largest absolute Gasteiger partial charge is 0.489 e. The Labute approximate surface area is 108 Å². The zero-order valence-corrected chi connectivity index (χ0v) is 11.2. The zero-order chi connectivity index (χ0) is 13.4. The van der Waals surface area contributed by atoms with Crippen LogP contribution in [0.15, 0.2) is 30.4 Å². The lowest BCUT2D eigenvalue weighted by Gasteiger charge is -2.11. The average Bonchev–Trinajstić information content (AvgIpc) is 2.35. The van der Waals surface area contributed by atoms with E-state index in [9.17, 15) is 4.79 Å². The summed E-state index contributed by atoms with van der Waals surface area (Å²) in [5.41, 5.74) is 1.99. The van der Waals surface area contributed by atoms with E-state index < -0.39 is 0 Å². The molecule has 3 heteroatoms. The van der Waals surface area contributed by atoms with Gasteiger partial charge in [-0.25, -0.2) is 0 Å². The maximum atomic E-state index is 10.8. The zero-order valence-electron chi connectivity index (χ0n) is 11.2. The highest BCUT2D eigenvalue weighted by molar-refractivity contribution is 5.66. The average molecular weight is 248 g/mol. The Balaban J connectivity index is 2.66. The number of carbonyl (C=O) groups excluding carboxylic acids is 1. The molecule has 0 spiro atoms. The summed E-state index contributed by atoms with van der Waals surface area (Å²) in [7, 11) is 0. The summed E-state index contributed by atoms with van der Waals surface area (Å²) < 4.78 is 10.7. The number of allylic oxidation sites excluding steroid dienone is 1. The predicted molar refractivity (Wildman–Crippen MR) is 71.6 cm³/mol. The van der Waals surface area contributed by atoms with Gasteiger partial charge in [0.1, 0.15) is 19.0 Å². The van der Waals surface area contributed by atoms with Crippen LogP contribution in [-0.2, 0) is 16.1 Å². The van der Waals surface area contributed by atoms with Crippen molar-refractivity contribution in [1.29, 1.82) is 0 Å². The topological polar surface area (TPSA) is 35.5 Å². The summed E-state index contributed by atoms with van der Waals surface area (Å²) in [6, 6.07) is 5.77. The molecule has 0 fully saturated rings. The van der Waals surface area contributed by atoms with Crippen molar-refractivity contribution in [2.24, 2.45) is 0 Å². The van der Waals surface area contributed by atoms with Gasteiger partial charge in [0.15, 0.2) is 0 Å². The van der Waals surface area contributed by atoms with Crippen LogP contribution in [-0.4, -0.2) is 12.6 Å². The van der Waals surface area contributed by atoms with Crippen LogP contribution in [0.1, 0.15) is 31.4 Å². The molecular weight excluding hydrogens is 228 g/mol. The minimum atomic E-state index is -0.272. The van der Waals surface area contributed by atoms with E-state index >= 15 is 0 Å². The van der Waals surface area contributed by atoms with Gasteiger partial charge < -0.3 is 9.47 Å². The fraction of sp³-hybridized carbons (Fsp3) is 0.400. The van der Waals surface area contributed by atoms with Gasteiger partial charge in [0.2, 0.25) is 0 Å². The third kappa shape index (κ3) is 4.62. The molecule has 0 bridgehead atoms. The monoisotopic (exact) mass is 248 g/mol. The van der Waals surface area contributed by atoms with Crippen LogP contribution in [0.2, 0.25) is 0 Å². The Hall–Kier alpha value is -1.77. The molecule has 98 valence electrons. The summed E-state index contributed by atoms with van der Waals surface area (Å²) >= 11 is 0. The second kappa shape index (κ2) is 7.54. The van der Waals surface area contributed by atoms with E-state index in [0.29, 0.717) is 13.2 Å². The van der Waals surface area contributed by atoms with E-state index in [2.05, 4.69) is 13.0 Å². The first-order chi connectivity index (χ1) is 8.65. The molecule has 3 nitrogen and oxygen atoms in total. The number of hydrogen-bond acceptors (Lipinski definition) is 3. The summed E-state index contributed by atoms with van der Waals surface area (Å²) in [6.45, 7) is 6.32. The Morgan fingerprint density at radius 2 is 2.11 bits per heavy atom. The van der Waals surface area contributed by atoms with Gasteiger partial charge in [-0.05, 0) is 30.5 Å². The molecule has 1 aromatic rings. The van der Waals surface area contributed by atoms with Gasteiger partial charge in [-0.3, -0.25) is 4.79 Å². The molecule has 0 aliphatic heterocycles. The van der Waals surface area contributed by atoms with Crippen molar-refractivity contribution in [3.63, 3.8) is 0 Å². The molecule has 18 heavy (non-hydrogen) atoms. The molecule has 1 rings (SSSR count). The molecule has 0 amide bonds. The minimum Gasteiger partial charge on any atom is -0.489 e. The molecule has 0 unspecified atom stereocenters. The molecule has 0 saturated heterocycles. The van der Waals surface area contributed by atoms with Crippen LogP contribution in [0.4, 0.5) is 0 Å². The number of esters is 1. The lowest BCUT2D eigenvalue weighted by Crippen LogP contribution is -2.02. The smallest absolute Gasteiger partial charge is 0.302 e. The van der Waals surface area contributed by atoms with Crippen LogP contribution >= 0.6 is 0 Å². The second-order valence-corrected chi connectivity index (χ2v) is 4.01. The third-order valence-electron chi connectivity index (χ3n) is 2.56. The van der Waals surface area contributed by atoms with Crippen molar-refractivity contribution >= 4 is 5.97 Å². The van der Waals surface area contributed by atoms with Crippen molar-refractivity contribution in [3.8, 4) is 5.75 Å². The van der Waals surface area contributed by atoms with Crippen LogP contribution in [0.5, 0.6) is 5.75 Å². The minimum absolute atomic E-state index is 0.272. The second-order valence-electron chi connectivity index (χ2n) is 4.01. The van der Waals surface area contributed by atoms with E-state index in [4.69, 9.17) is 9.47 Å². The van der Waals surface area contributed by atoms with Crippen molar-refractivity contribution in [1.82, 2.24) is 0 Å². The predicted octanol–water partition coefficient (Wildman–Crippen LogP) is 3.40. The van der Waals surface area contributed by atoms with Crippen molar-refractivity contribution in [3.05, 3.63) is 41.5 Å². The first kappa shape index (κ1) is 14.3. The summed E-state index contributed by atoms with van der Waals surface area (Å²) in [4.78, 5) is 10.8. The molecule has 0 radical (unpaired) electrons. The van der Waals surface area contributed by atoms with Crippen LogP contribution in [0, 0.1) is 6.92 Å². The maximum Gasteiger partial charge on any atom is 0.302 e. The molecular formula is C15H20O3. The molecule has 0 aliphatic rings. The molecule has 1 aromatic carbocycles. The molecule has 0 aliphatic carbocycles. The highest BCUT2D eigenvalue weighted by Gasteiger charge is 2.05. The highest BCUT2D eigenvalue weighted by atomic mass is 16.5. The van der Waals surface area contributed by atoms with Crippen molar-refractivity contribution in [2.45, 2.75) is 33.8 Å². The third-order valence-corrected chi connectivity index (χ3v) is 2.56. The first-order valence-corrected chi connectivity index (χ1v) is 6.14. The molecule has 0 N–H and O–H groups in total. The summed E-state index contributed by atoms with van der Waals surface area (Å²) in [5.74, 6) is 0.562. The van der Waals surface area contributed by atoms with Gasteiger partial charge in [0.05, 0.1) is 0 Å². The Kier molecular flexibility index (Phi) is 5.98. The van der Waals surface area contributed by atoms with Gasteiger partial charge in [-0.2, -0.15) is 0 Å². The Morgan fingerprint density at radius 1 is 1.33 bits per heavy atom. The number of rotatable bonds is 6. The molecule has 0 aromatic heterocycles. The number of carbonyl (C=O) groups is 1. The summed E-state index contributed by atoms with van der Waals surface area (Å²) in [6.07, 6.45) is 5.07. The lowest BCUT2D eigenvalue weighted by molar-refractivity contribution is -0.142. The molecule has 0 heterocycles. The Bertz CT molecular complexity index is 422. The van der Waals surface area contributed by atoms with E-state index in [-0.39, 0.29) is 5.97 Å².